The predicted molar refractivity (Wildman–Crippen MR) is 75.3 cm³/mol. The quantitative estimate of drug-likeness (QED) is 0.648. The number of hydrazine groups is 1. The Hall–Kier alpha value is -0.570. The van der Waals surface area contributed by atoms with Gasteiger partial charge in [-0.2, -0.15) is 0 Å². The molecule has 3 unspecified atom stereocenters. The van der Waals surface area contributed by atoms with E-state index in [0.29, 0.717) is 6.04 Å². The lowest BCUT2D eigenvalue weighted by molar-refractivity contribution is 0.410. The van der Waals surface area contributed by atoms with E-state index < -0.39 is 0 Å². The molecule has 18 heavy (non-hydrogen) atoms. The lowest BCUT2D eigenvalue weighted by Gasteiger charge is -2.18. The van der Waals surface area contributed by atoms with Crippen LogP contribution in [0.25, 0.3) is 0 Å². The third kappa shape index (κ3) is 2.18. The van der Waals surface area contributed by atoms with Crippen LogP contribution in [0.4, 0.5) is 0 Å². The highest BCUT2D eigenvalue weighted by atomic mass is 35.5. The Morgan fingerprint density at radius 3 is 2.72 bits per heavy atom. The summed E-state index contributed by atoms with van der Waals surface area (Å²) in [7, 11) is 0. The molecule has 3 rings (SSSR count). The summed E-state index contributed by atoms with van der Waals surface area (Å²) in [5, 5.41) is 0.876. The summed E-state index contributed by atoms with van der Waals surface area (Å²) in [6.07, 6.45) is 5.16. The fraction of sp³-hybridized carbons (Fsp3) is 0.600. The molecule has 2 aliphatic carbocycles. The first-order chi connectivity index (χ1) is 8.70. The van der Waals surface area contributed by atoms with Crippen LogP contribution in [0.2, 0.25) is 5.02 Å². The molecule has 2 fully saturated rings. The predicted octanol–water partition coefficient (Wildman–Crippen LogP) is 3.07. The van der Waals surface area contributed by atoms with Crippen LogP contribution in [-0.4, -0.2) is 6.04 Å². The first kappa shape index (κ1) is 12.5. The summed E-state index contributed by atoms with van der Waals surface area (Å²) in [5.74, 6) is 8.38. The Bertz CT molecular complexity index is 436. The summed E-state index contributed by atoms with van der Waals surface area (Å²) in [6, 6.07) is 6.70. The Labute approximate surface area is 114 Å². The molecule has 3 heteroatoms. The highest BCUT2D eigenvalue weighted by Crippen LogP contribution is 2.59. The van der Waals surface area contributed by atoms with Crippen LogP contribution in [0.3, 0.4) is 0 Å². The van der Waals surface area contributed by atoms with Gasteiger partial charge in [-0.25, -0.2) is 0 Å². The molecule has 0 heterocycles. The molecule has 1 aromatic rings. The van der Waals surface area contributed by atoms with Crippen LogP contribution in [0, 0.1) is 24.7 Å². The van der Waals surface area contributed by atoms with Gasteiger partial charge in [0.15, 0.2) is 0 Å². The van der Waals surface area contributed by atoms with Gasteiger partial charge in [0.1, 0.15) is 0 Å². The molecule has 2 nitrogen and oxygen atoms in total. The van der Waals surface area contributed by atoms with Gasteiger partial charge in [0.2, 0.25) is 0 Å². The van der Waals surface area contributed by atoms with E-state index in [-0.39, 0.29) is 0 Å². The van der Waals surface area contributed by atoms with Gasteiger partial charge in [-0.05, 0) is 61.1 Å². The minimum atomic E-state index is 0.389. The molecule has 0 saturated heterocycles. The standard InChI is InChI=1S/C15H21ClN2/c1-9-5-6-10(13(16)7-9)8-14(18-17)15-11-3-2-4-12(11)15/h5-7,11-12,14-15,18H,2-4,8,17H2,1H3. The third-order valence-corrected chi connectivity index (χ3v) is 5.15. The van der Waals surface area contributed by atoms with Gasteiger partial charge in [0, 0.05) is 11.1 Å². The molecule has 0 amide bonds. The van der Waals surface area contributed by atoms with Crippen LogP contribution < -0.4 is 11.3 Å². The van der Waals surface area contributed by atoms with Crippen molar-refractivity contribution in [3.8, 4) is 0 Å². The SMILES string of the molecule is Cc1ccc(CC(NN)C2C3CCCC32)c(Cl)c1. The fourth-order valence-corrected chi connectivity index (χ4v) is 4.15. The lowest BCUT2D eigenvalue weighted by atomic mass is 9.97. The Morgan fingerprint density at radius 1 is 1.39 bits per heavy atom. The van der Waals surface area contributed by atoms with Crippen molar-refractivity contribution in [1.82, 2.24) is 5.43 Å². The summed E-state index contributed by atoms with van der Waals surface area (Å²) >= 11 is 6.31. The van der Waals surface area contributed by atoms with Gasteiger partial charge >= 0.3 is 0 Å². The van der Waals surface area contributed by atoms with E-state index in [1.807, 2.05) is 6.07 Å². The molecule has 1 aromatic carbocycles. The van der Waals surface area contributed by atoms with Crippen molar-refractivity contribution in [3.63, 3.8) is 0 Å². The Morgan fingerprint density at radius 2 is 2.11 bits per heavy atom. The number of rotatable bonds is 4. The second-order valence-corrected chi connectivity index (χ2v) is 6.32. The molecular weight excluding hydrogens is 244 g/mol. The largest absolute Gasteiger partial charge is 0.271 e. The number of halogens is 1. The second kappa shape index (κ2) is 4.84. The van der Waals surface area contributed by atoms with Crippen LogP contribution in [0.1, 0.15) is 30.4 Å². The van der Waals surface area contributed by atoms with Crippen molar-refractivity contribution in [2.24, 2.45) is 23.6 Å². The number of hydrogen-bond acceptors (Lipinski definition) is 2. The first-order valence-electron chi connectivity index (χ1n) is 6.92. The van der Waals surface area contributed by atoms with Crippen molar-refractivity contribution in [1.29, 1.82) is 0 Å². The maximum atomic E-state index is 6.31. The van der Waals surface area contributed by atoms with Gasteiger partial charge in [-0.15, -0.1) is 0 Å². The van der Waals surface area contributed by atoms with Gasteiger partial charge in [-0.3, -0.25) is 11.3 Å². The zero-order valence-corrected chi connectivity index (χ0v) is 11.6. The molecule has 2 saturated carbocycles. The normalized spacial score (nSPS) is 31.2. The van der Waals surface area contributed by atoms with E-state index >= 15 is 0 Å². The van der Waals surface area contributed by atoms with Crippen molar-refractivity contribution in [2.75, 3.05) is 0 Å². The van der Waals surface area contributed by atoms with Crippen molar-refractivity contribution in [2.45, 2.75) is 38.6 Å². The van der Waals surface area contributed by atoms with E-state index in [1.165, 1.54) is 30.4 Å². The number of aryl methyl sites for hydroxylation is 1. The molecule has 0 aliphatic heterocycles. The van der Waals surface area contributed by atoms with E-state index in [4.69, 9.17) is 17.4 Å². The molecule has 98 valence electrons. The fourth-order valence-electron chi connectivity index (χ4n) is 3.83. The molecule has 0 bridgehead atoms. The summed E-state index contributed by atoms with van der Waals surface area (Å²) in [6.45, 7) is 2.07. The number of hydrogen-bond donors (Lipinski definition) is 2. The molecule has 0 aromatic heterocycles. The third-order valence-electron chi connectivity index (χ3n) is 4.80. The van der Waals surface area contributed by atoms with Crippen LogP contribution >= 0.6 is 11.6 Å². The van der Waals surface area contributed by atoms with Crippen molar-refractivity contribution in [3.05, 3.63) is 34.3 Å². The zero-order valence-electron chi connectivity index (χ0n) is 10.8. The van der Waals surface area contributed by atoms with Crippen molar-refractivity contribution < 1.29 is 0 Å². The molecule has 2 aliphatic rings. The topological polar surface area (TPSA) is 38.0 Å². The van der Waals surface area contributed by atoms with Gasteiger partial charge < -0.3 is 0 Å². The van der Waals surface area contributed by atoms with E-state index in [2.05, 4.69) is 24.5 Å². The molecule has 0 spiro atoms. The van der Waals surface area contributed by atoms with Crippen LogP contribution in [0.15, 0.2) is 18.2 Å². The molecule has 3 N–H and O–H groups in total. The number of nitrogens with one attached hydrogen (secondary N) is 1. The van der Waals surface area contributed by atoms with Crippen LogP contribution in [0.5, 0.6) is 0 Å². The van der Waals surface area contributed by atoms with E-state index in [1.54, 1.807) is 0 Å². The molecular formula is C15H21ClN2. The second-order valence-electron chi connectivity index (χ2n) is 5.91. The summed E-state index contributed by atoms with van der Waals surface area (Å²) in [5.41, 5.74) is 5.45. The monoisotopic (exact) mass is 264 g/mol. The minimum Gasteiger partial charge on any atom is -0.271 e. The maximum absolute atomic E-state index is 6.31. The van der Waals surface area contributed by atoms with Gasteiger partial charge in [-0.1, -0.05) is 30.2 Å². The maximum Gasteiger partial charge on any atom is 0.0441 e. The summed E-state index contributed by atoms with van der Waals surface area (Å²) in [4.78, 5) is 0. The van der Waals surface area contributed by atoms with Gasteiger partial charge in [0.05, 0.1) is 0 Å². The van der Waals surface area contributed by atoms with Crippen LogP contribution in [-0.2, 0) is 6.42 Å². The number of fused-ring (bicyclic) bond motifs is 1. The first-order valence-corrected chi connectivity index (χ1v) is 7.29. The minimum absolute atomic E-state index is 0.389. The van der Waals surface area contributed by atoms with Crippen molar-refractivity contribution >= 4 is 11.6 Å². The Balaban J connectivity index is 1.70. The average Bonchev–Trinajstić information content (AvgIpc) is 2.82. The Kier molecular flexibility index (Phi) is 3.35. The summed E-state index contributed by atoms with van der Waals surface area (Å²) < 4.78 is 0. The number of benzene rings is 1. The molecule has 3 atom stereocenters. The van der Waals surface area contributed by atoms with E-state index in [0.717, 1.165) is 29.2 Å². The molecule has 0 radical (unpaired) electrons. The zero-order chi connectivity index (χ0) is 12.7. The smallest absolute Gasteiger partial charge is 0.0441 e. The van der Waals surface area contributed by atoms with E-state index in [9.17, 15) is 0 Å². The van der Waals surface area contributed by atoms with Gasteiger partial charge in [0.25, 0.3) is 0 Å². The average molecular weight is 265 g/mol. The lowest BCUT2D eigenvalue weighted by Crippen LogP contribution is -2.39. The highest BCUT2D eigenvalue weighted by Gasteiger charge is 2.55. The highest BCUT2D eigenvalue weighted by molar-refractivity contribution is 6.31. The number of nitrogens with two attached hydrogens (primary N) is 1.